The first-order chi connectivity index (χ1) is 9.63. The van der Waals surface area contributed by atoms with Crippen molar-refractivity contribution in [3.05, 3.63) is 29.3 Å². The highest BCUT2D eigenvalue weighted by Gasteiger charge is 2.11. The number of ether oxygens (including phenoxy) is 2. The summed E-state index contributed by atoms with van der Waals surface area (Å²) in [5.41, 5.74) is 7.41. The van der Waals surface area contributed by atoms with Gasteiger partial charge in [-0.2, -0.15) is 0 Å². The molecule has 0 bridgehead atoms. The molecular weight excluding hydrogens is 278 g/mol. The first kappa shape index (κ1) is 14.1. The molecule has 0 aliphatic carbocycles. The number of rotatable bonds is 5. The Bertz CT molecular complexity index is 613. The normalized spacial score (nSPS) is 10.1. The molecule has 3 N–H and O–H groups in total. The third kappa shape index (κ3) is 3.18. The standard InChI is InChI=1S/C13H15N3O3S/c1-3-19-12(17)10-7-20-13(16-10)15-8-4-5-11(18-2)9(14)6-8/h4-7H,3,14H2,1-2H3,(H,15,16). The summed E-state index contributed by atoms with van der Waals surface area (Å²) < 4.78 is 9.97. The van der Waals surface area contributed by atoms with Crippen molar-refractivity contribution in [2.75, 3.05) is 24.8 Å². The summed E-state index contributed by atoms with van der Waals surface area (Å²) in [6.45, 7) is 2.08. The van der Waals surface area contributed by atoms with Crippen LogP contribution in [0.15, 0.2) is 23.6 Å². The van der Waals surface area contributed by atoms with Crippen LogP contribution in [-0.2, 0) is 4.74 Å². The van der Waals surface area contributed by atoms with Crippen molar-refractivity contribution in [3.8, 4) is 5.75 Å². The molecule has 7 heteroatoms. The van der Waals surface area contributed by atoms with Gasteiger partial charge in [0, 0.05) is 11.1 Å². The number of nitrogens with two attached hydrogens (primary N) is 1. The van der Waals surface area contributed by atoms with Gasteiger partial charge in [0.15, 0.2) is 10.8 Å². The number of aromatic nitrogens is 1. The summed E-state index contributed by atoms with van der Waals surface area (Å²) in [5, 5.41) is 5.32. The molecule has 0 unspecified atom stereocenters. The Labute approximate surface area is 120 Å². The Morgan fingerprint density at radius 1 is 1.50 bits per heavy atom. The van der Waals surface area contributed by atoms with Gasteiger partial charge in [0.05, 0.1) is 19.4 Å². The summed E-state index contributed by atoms with van der Waals surface area (Å²) >= 11 is 1.32. The monoisotopic (exact) mass is 293 g/mol. The van der Waals surface area contributed by atoms with Gasteiger partial charge in [0.1, 0.15) is 5.75 Å². The quantitative estimate of drug-likeness (QED) is 0.651. The Morgan fingerprint density at radius 2 is 2.30 bits per heavy atom. The van der Waals surface area contributed by atoms with Crippen LogP contribution in [0, 0.1) is 0 Å². The minimum atomic E-state index is -0.425. The lowest BCUT2D eigenvalue weighted by Crippen LogP contribution is -2.05. The molecule has 0 saturated heterocycles. The van der Waals surface area contributed by atoms with Crippen molar-refractivity contribution >= 4 is 33.8 Å². The molecule has 0 radical (unpaired) electrons. The molecule has 0 atom stereocenters. The lowest BCUT2D eigenvalue weighted by molar-refractivity contribution is 0.0520. The van der Waals surface area contributed by atoms with E-state index < -0.39 is 5.97 Å². The predicted molar refractivity (Wildman–Crippen MR) is 78.8 cm³/mol. The van der Waals surface area contributed by atoms with Crippen molar-refractivity contribution in [3.63, 3.8) is 0 Å². The van der Waals surface area contributed by atoms with E-state index >= 15 is 0 Å². The molecule has 1 aromatic carbocycles. The molecule has 106 valence electrons. The number of carbonyl (C=O) groups excluding carboxylic acids is 1. The minimum absolute atomic E-state index is 0.292. The van der Waals surface area contributed by atoms with E-state index in [1.807, 2.05) is 6.07 Å². The van der Waals surface area contributed by atoms with Crippen molar-refractivity contribution in [1.82, 2.24) is 4.98 Å². The number of thiazole rings is 1. The van der Waals surface area contributed by atoms with Crippen LogP contribution in [-0.4, -0.2) is 24.7 Å². The van der Waals surface area contributed by atoms with Gasteiger partial charge < -0.3 is 20.5 Å². The van der Waals surface area contributed by atoms with E-state index in [0.29, 0.717) is 28.9 Å². The number of anilines is 3. The Kier molecular flexibility index (Phi) is 4.41. The first-order valence-corrected chi connectivity index (χ1v) is 6.85. The predicted octanol–water partition coefficient (Wildman–Crippen LogP) is 2.65. The van der Waals surface area contributed by atoms with Crippen LogP contribution in [0.3, 0.4) is 0 Å². The van der Waals surface area contributed by atoms with Gasteiger partial charge in [-0.3, -0.25) is 0 Å². The minimum Gasteiger partial charge on any atom is -0.495 e. The number of nitrogens with one attached hydrogen (secondary N) is 1. The smallest absolute Gasteiger partial charge is 0.357 e. The van der Waals surface area contributed by atoms with Gasteiger partial charge >= 0.3 is 5.97 Å². The number of esters is 1. The van der Waals surface area contributed by atoms with E-state index in [4.69, 9.17) is 15.2 Å². The third-order valence-corrected chi connectivity index (χ3v) is 3.23. The van der Waals surface area contributed by atoms with Crippen LogP contribution in [0.1, 0.15) is 17.4 Å². The number of hydrogen-bond acceptors (Lipinski definition) is 7. The van der Waals surface area contributed by atoms with Crippen LogP contribution < -0.4 is 15.8 Å². The summed E-state index contributed by atoms with van der Waals surface area (Å²) in [5.74, 6) is 0.188. The van der Waals surface area contributed by atoms with Gasteiger partial charge in [-0.1, -0.05) is 0 Å². The number of nitrogens with zero attached hydrogens (tertiary/aromatic N) is 1. The van der Waals surface area contributed by atoms with E-state index in [1.54, 1.807) is 31.5 Å². The number of benzene rings is 1. The van der Waals surface area contributed by atoms with Gasteiger partial charge in [-0.15, -0.1) is 11.3 Å². The third-order valence-electron chi connectivity index (χ3n) is 2.47. The number of hydrogen-bond donors (Lipinski definition) is 2. The van der Waals surface area contributed by atoms with Crippen LogP contribution in [0.5, 0.6) is 5.75 Å². The maximum absolute atomic E-state index is 11.5. The molecular formula is C13H15N3O3S. The van der Waals surface area contributed by atoms with Crippen LogP contribution in [0.2, 0.25) is 0 Å². The lowest BCUT2D eigenvalue weighted by atomic mass is 10.2. The molecule has 2 rings (SSSR count). The maximum atomic E-state index is 11.5. The van der Waals surface area contributed by atoms with Gasteiger partial charge in [0.25, 0.3) is 0 Å². The fourth-order valence-electron chi connectivity index (χ4n) is 1.57. The molecule has 20 heavy (non-hydrogen) atoms. The average molecular weight is 293 g/mol. The second-order valence-electron chi connectivity index (χ2n) is 3.84. The van der Waals surface area contributed by atoms with Crippen molar-refractivity contribution in [2.45, 2.75) is 6.92 Å². The van der Waals surface area contributed by atoms with Crippen LogP contribution in [0.25, 0.3) is 0 Å². The molecule has 6 nitrogen and oxygen atoms in total. The fourth-order valence-corrected chi connectivity index (χ4v) is 2.27. The second kappa shape index (κ2) is 6.25. The highest BCUT2D eigenvalue weighted by molar-refractivity contribution is 7.14. The SMILES string of the molecule is CCOC(=O)c1csc(Nc2ccc(OC)c(N)c2)n1. The molecule has 0 fully saturated rings. The van der Waals surface area contributed by atoms with Gasteiger partial charge in [-0.25, -0.2) is 9.78 Å². The zero-order chi connectivity index (χ0) is 14.5. The highest BCUT2D eigenvalue weighted by Crippen LogP contribution is 2.27. The molecule has 2 aromatic rings. The van der Waals surface area contributed by atoms with E-state index in [2.05, 4.69) is 10.3 Å². The molecule has 1 heterocycles. The molecule has 0 aliphatic rings. The molecule has 0 saturated carbocycles. The summed E-state index contributed by atoms with van der Waals surface area (Å²) in [4.78, 5) is 15.7. The zero-order valence-corrected chi connectivity index (χ0v) is 12.0. The number of carbonyl (C=O) groups is 1. The van der Waals surface area contributed by atoms with Gasteiger partial charge in [0.2, 0.25) is 0 Å². The Hall–Kier alpha value is -2.28. The summed E-state index contributed by atoms with van der Waals surface area (Å²) in [6.07, 6.45) is 0. The van der Waals surface area contributed by atoms with E-state index in [-0.39, 0.29) is 0 Å². The molecule has 0 aliphatic heterocycles. The van der Waals surface area contributed by atoms with Crippen molar-refractivity contribution < 1.29 is 14.3 Å². The number of nitrogen functional groups attached to an aromatic ring is 1. The molecule has 0 spiro atoms. The van der Waals surface area contributed by atoms with Crippen LogP contribution >= 0.6 is 11.3 Å². The van der Waals surface area contributed by atoms with E-state index in [9.17, 15) is 4.79 Å². The lowest BCUT2D eigenvalue weighted by Gasteiger charge is -2.07. The summed E-state index contributed by atoms with van der Waals surface area (Å²) in [7, 11) is 1.56. The zero-order valence-electron chi connectivity index (χ0n) is 11.2. The first-order valence-electron chi connectivity index (χ1n) is 5.97. The second-order valence-corrected chi connectivity index (χ2v) is 4.70. The summed E-state index contributed by atoms with van der Waals surface area (Å²) in [6, 6.07) is 5.32. The van der Waals surface area contributed by atoms with E-state index in [0.717, 1.165) is 5.69 Å². The topological polar surface area (TPSA) is 86.5 Å². The number of methoxy groups -OCH3 is 1. The Balaban J connectivity index is 2.10. The van der Waals surface area contributed by atoms with Gasteiger partial charge in [-0.05, 0) is 25.1 Å². The van der Waals surface area contributed by atoms with Crippen molar-refractivity contribution in [1.29, 1.82) is 0 Å². The highest BCUT2D eigenvalue weighted by atomic mass is 32.1. The largest absolute Gasteiger partial charge is 0.495 e. The average Bonchev–Trinajstić information content (AvgIpc) is 2.88. The Morgan fingerprint density at radius 3 is 2.95 bits per heavy atom. The maximum Gasteiger partial charge on any atom is 0.357 e. The van der Waals surface area contributed by atoms with Crippen molar-refractivity contribution in [2.24, 2.45) is 0 Å². The molecule has 1 aromatic heterocycles. The fraction of sp³-hybridized carbons (Fsp3) is 0.231. The van der Waals surface area contributed by atoms with Crippen LogP contribution in [0.4, 0.5) is 16.5 Å². The molecule has 0 amide bonds. The van der Waals surface area contributed by atoms with E-state index in [1.165, 1.54) is 11.3 Å².